The highest BCUT2D eigenvalue weighted by atomic mass is 32.2. The minimum atomic E-state index is -0.447. The molecular formula is C18H15N5O3S. The number of ether oxygens (including phenoxy) is 1. The van der Waals surface area contributed by atoms with Crippen LogP contribution in [-0.4, -0.2) is 31.3 Å². The van der Waals surface area contributed by atoms with E-state index >= 15 is 0 Å². The lowest BCUT2D eigenvalue weighted by Crippen LogP contribution is -2.15. The molecule has 8 nitrogen and oxygen atoms in total. The third kappa shape index (κ3) is 3.68. The molecule has 0 saturated carbocycles. The summed E-state index contributed by atoms with van der Waals surface area (Å²) in [6, 6.07) is 14.1. The molecule has 0 spiro atoms. The van der Waals surface area contributed by atoms with Gasteiger partial charge in [-0.05, 0) is 24.6 Å². The molecule has 0 radical (unpaired) electrons. The number of benzene rings is 2. The first-order valence-electron chi connectivity index (χ1n) is 8.19. The van der Waals surface area contributed by atoms with Crippen molar-refractivity contribution < 1.29 is 9.66 Å². The van der Waals surface area contributed by atoms with E-state index in [1.165, 1.54) is 17.7 Å². The minimum absolute atomic E-state index is 0.0194. The number of rotatable bonds is 5. The van der Waals surface area contributed by atoms with Crippen LogP contribution in [0.4, 0.5) is 5.69 Å². The van der Waals surface area contributed by atoms with Crippen molar-refractivity contribution in [1.29, 1.82) is 0 Å². The Morgan fingerprint density at radius 2 is 1.89 bits per heavy atom. The van der Waals surface area contributed by atoms with Crippen molar-refractivity contribution >= 4 is 23.2 Å². The Morgan fingerprint density at radius 3 is 2.59 bits per heavy atom. The third-order valence-electron chi connectivity index (χ3n) is 4.04. The van der Waals surface area contributed by atoms with Crippen LogP contribution in [0.2, 0.25) is 0 Å². The Labute approximate surface area is 159 Å². The fraction of sp³-hybridized carbons (Fsp3) is 0.167. The Hall–Kier alpha value is -3.20. The number of nitrogens with zero attached hydrogens (tertiary/aromatic N) is 5. The van der Waals surface area contributed by atoms with Crippen molar-refractivity contribution in [2.75, 3.05) is 5.75 Å². The summed E-state index contributed by atoms with van der Waals surface area (Å²) in [6.07, 6.45) is 0. The predicted octanol–water partition coefficient (Wildman–Crippen LogP) is 3.43. The molecule has 3 aromatic rings. The first-order valence-corrected chi connectivity index (χ1v) is 9.18. The van der Waals surface area contributed by atoms with E-state index in [2.05, 4.69) is 39.6 Å². The summed E-state index contributed by atoms with van der Waals surface area (Å²) in [5.41, 5.74) is 3.23. The number of non-ortho nitro benzene ring substituents is 1. The van der Waals surface area contributed by atoms with Crippen LogP contribution < -0.4 is 4.74 Å². The average molecular weight is 381 g/mol. The van der Waals surface area contributed by atoms with Gasteiger partial charge in [0.1, 0.15) is 12.4 Å². The van der Waals surface area contributed by atoms with Gasteiger partial charge in [0.05, 0.1) is 10.6 Å². The number of nitro benzene ring substituents is 1. The molecule has 2 heterocycles. The molecule has 0 fully saturated rings. The molecule has 2 aromatic carbocycles. The highest BCUT2D eigenvalue weighted by Crippen LogP contribution is 2.25. The van der Waals surface area contributed by atoms with E-state index < -0.39 is 4.92 Å². The van der Waals surface area contributed by atoms with Gasteiger partial charge in [0, 0.05) is 17.9 Å². The molecule has 0 unspecified atom stereocenters. The average Bonchev–Trinajstić information content (AvgIpc) is 3.09. The lowest BCUT2D eigenvalue weighted by atomic mass is 10.1. The van der Waals surface area contributed by atoms with Gasteiger partial charge in [-0.1, -0.05) is 41.6 Å². The monoisotopic (exact) mass is 381 g/mol. The van der Waals surface area contributed by atoms with E-state index in [9.17, 15) is 10.1 Å². The summed E-state index contributed by atoms with van der Waals surface area (Å²) in [5, 5.41) is 24.4. The number of aromatic nitrogens is 3. The summed E-state index contributed by atoms with van der Waals surface area (Å²) >= 11 is 1.57. The predicted molar refractivity (Wildman–Crippen MR) is 101 cm³/mol. The number of nitro groups is 1. The fourth-order valence-electron chi connectivity index (χ4n) is 2.56. The second-order valence-corrected chi connectivity index (χ2v) is 6.89. The zero-order chi connectivity index (χ0) is 18.8. The molecule has 0 bridgehead atoms. The van der Waals surface area contributed by atoms with Crippen molar-refractivity contribution in [3.05, 3.63) is 75.6 Å². The Bertz CT molecular complexity index is 1010. The summed E-state index contributed by atoms with van der Waals surface area (Å²) in [4.78, 5) is 10.3. The van der Waals surface area contributed by atoms with E-state index in [0.717, 1.165) is 17.0 Å². The van der Waals surface area contributed by atoms with Crippen LogP contribution in [0, 0.1) is 17.0 Å². The zero-order valence-corrected chi connectivity index (χ0v) is 15.2. The van der Waals surface area contributed by atoms with Gasteiger partial charge in [0.15, 0.2) is 5.82 Å². The Morgan fingerprint density at radius 1 is 1.15 bits per heavy atom. The van der Waals surface area contributed by atoms with Crippen molar-refractivity contribution in [1.82, 2.24) is 14.9 Å². The molecule has 9 heteroatoms. The summed E-state index contributed by atoms with van der Waals surface area (Å²) < 4.78 is 7.37. The van der Waals surface area contributed by atoms with Crippen molar-refractivity contribution in [2.24, 2.45) is 5.10 Å². The van der Waals surface area contributed by atoms with E-state index in [-0.39, 0.29) is 12.3 Å². The first-order chi connectivity index (χ1) is 13.1. The molecule has 4 rings (SSSR count). The minimum Gasteiger partial charge on any atom is -0.486 e. The van der Waals surface area contributed by atoms with E-state index in [0.29, 0.717) is 16.7 Å². The van der Waals surface area contributed by atoms with Gasteiger partial charge in [-0.3, -0.25) is 10.1 Å². The molecule has 27 heavy (non-hydrogen) atoms. The molecule has 0 aliphatic carbocycles. The zero-order valence-electron chi connectivity index (χ0n) is 14.4. The third-order valence-corrected chi connectivity index (χ3v) is 4.97. The molecule has 1 aromatic heterocycles. The number of hydrogen-bond donors (Lipinski definition) is 0. The second-order valence-electron chi connectivity index (χ2n) is 5.95. The van der Waals surface area contributed by atoms with Gasteiger partial charge in [-0.2, -0.15) is 9.78 Å². The summed E-state index contributed by atoms with van der Waals surface area (Å²) in [6.45, 7) is 2.21. The summed E-state index contributed by atoms with van der Waals surface area (Å²) in [7, 11) is 0. The lowest BCUT2D eigenvalue weighted by molar-refractivity contribution is -0.384. The van der Waals surface area contributed by atoms with Crippen LogP contribution in [-0.2, 0) is 6.61 Å². The van der Waals surface area contributed by atoms with Gasteiger partial charge in [0.25, 0.3) is 5.69 Å². The normalized spacial score (nSPS) is 13.0. The van der Waals surface area contributed by atoms with Gasteiger partial charge in [-0.15, -0.1) is 10.2 Å². The van der Waals surface area contributed by atoms with Gasteiger partial charge < -0.3 is 4.74 Å². The Kier molecular flexibility index (Phi) is 4.59. The fourth-order valence-corrected chi connectivity index (χ4v) is 3.41. The van der Waals surface area contributed by atoms with Crippen LogP contribution in [0.25, 0.3) is 0 Å². The molecule has 1 aliphatic heterocycles. The molecule has 0 amide bonds. The SMILES string of the molecule is Cc1ccc(C2=Nn3c(COc4ccc([N+](=O)[O-])cc4)nnc3SC2)cc1. The standard InChI is InChI=1S/C18H15N5O3S/c1-12-2-4-13(5-3-12)16-11-27-18-20-19-17(22(18)21-16)10-26-15-8-6-14(7-9-15)23(24)25/h2-9H,10-11H2,1H3. The first kappa shape index (κ1) is 17.2. The van der Waals surface area contributed by atoms with Crippen LogP contribution >= 0.6 is 11.8 Å². The molecule has 136 valence electrons. The van der Waals surface area contributed by atoms with Crippen molar-refractivity contribution in [3.63, 3.8) is 0 Å². The number of aryl methyl sites for hydroxylation is 1. The maximum absolute atomic E-state index is 10.7. The molecule has 1 aliphatic rings. The van der Waals surface area contributed by atoms with Crippen molar-refractivity contribution in [2.45, 2.75) is 18.7 Å². The highest BCUT2D eigenvalue weighted by Gasteiger charge is 2.20. The van der Waals surface area contributed by atoms with Gasteiger partial charge >= 0.3 is 0 Å². The van der Waals surface area contributed by atoms with E-state index in [1.54, 1.807) is 28.6 Å². The molecule has 0 N–H and O–H groups in total. The number of fused-ring (bicyclic) bond motifs is 1. The largest absolute Gasteiger partial charge is 0.486 e. The van der Waals surface area contributed by atoms with E-state index in [1.807, 2.05) is 6.92 Å². The molecule has 0 atom stereocenters. The van der Waals surface area contributed by atoms with Crippen molar-refractivity contribution in [3.8, 4) is 5.75 Å². The Balaban J connectivity index is 1.52. The molecule has 0 saturated heterocycles. The maximum Gasteiger partial charge on any atom is 0.269 e. The maximum atomic E-state index is 10.7. The van der Waals surface area contributed by atoms with E-state index in [4.69, 9.17) is 4.74 Å². The summed E-state index contributed by atoms with van der Waals surface area (Å²) in [5.74, 6) is 1.81. The van der Waals surface area contributed by atoms with Crippen LogP contribution in [0.15, 0.2) is 58.8 Å². The number of thioether (sulfide) groups is 1. The van der Waals surface area contributed by atoms with Crippen LogP contribution in [0.1, 0.15) is 17.0 Å². The topological polar surface area (TPSA) is 95.4 Å². The van der Waals surface area contributed by atoms with Gasteiger partial charge in [0.2, 0.25) is 5.16 Å². The molecular weight excluding hydrogens is 366 g/mol. The quantitative estimate of drug-likeness (QED) is 0.496. The number of hydrogen-bond acceptors (Lipinski definition) is 7. The smallest absolute Gasteiger partial charge is 0.269 e. The lowest BCUT2D eigenvalue weighted by Gasteiger charge is -2.14. The van der Waals surface area contributed by atoms with Gasteiger partial charge in [-0.25, -0.2) is 0 Å². The second kappa shape index (κ2) is 7.20. The highest BCUT2D eigenvalue weighted by molar-refractivity contribution is 7.99. The van der Waals surface area contributed by atoms with Crippen LogP contribution in [0.3, 0.4) is 0 Å². The van der Waals surface area contributed by atoms with Crippen LogP contribution in [0.5, 0.6) is 5.75 Å².